The summed E-state index contributed by atoms with van der Waals surface area (Å²) in [5.41, 5.74) is 0. The summed E-state index contributed by atoms with van der Waals surface area (Å²) in [5.74, 6) is 0.699. The first-order chi connectivity index (χ1) is 8.05. The highest BCUT2D eigenvalue weighted by Gasteiger charge is 2.16. The number of rotatable bonds is 2. The molecule has 0 spiro atoms. The molecule has 0 radical (unpaired) electrons. The summed E-state index contributed by atoms with van der Waals surface area (Å²) in [6.07, 6.45) is 3.46. The molecule has 0 saturated carbocycles. The van der Waals surface area contributed by atoms with Crippen molar-refractivity contribution in [3.05, 3.63) is 18.3 Å². The number of nitrogens with zero attached hydrogens (tertiary/aromatic N) is 3. The number of anilines is 1. The van der Waals surface area contributed by atoms with E-state index in [1.54, 1.807) is 12.3 Å². The number of aromatic nitrogens is 2. The van der Waals surface area contributed by atoms with Crippen LogP contribution in [0, 0.1) is 0 Å². The van der Waals surface area contributed by atoms with Crippen molar-refractivity contribution in [3.8, 4) is 0 Å². The fourth-order valence-corrected chi connectivity index (χ4v) is 1.68. The quantitative estimate of drug-likeness (QED) is 0.764. The third-order valence-electron chi connectivity index (χ3n) is 2.35. The van der Waals surface area contributed by atoms with Crippen LogP contribution >= 0.6 is 0 Å². The summed E-state index contributed by atoms with van der Waals surface area (Å²) in [6.45, 7) is -0.842. The average molecular weight is 195 g/mol. The van der Waals surface area contributed by atoms with Crippen LogP contribution in [0.15, 0.2) is 18.3 Å². The molecule has 2 rings (SSSR count). The summed E-state index contributed by atoms with van der Waals surface area (Å²) in [4.78, 5) is 1.53. The van der Waals surface area contributed by atoms with Crippen molar-refractivity contribution in [2.45, 2.75) is 18.9 Å². The second-order valence-electron chi connectivity index (χ2n) is 3.54. The number of hydrogen-bond acceptors (Lipinski definition) is 4. The lowest BCUT2D eigenvalue weighted by atomic mass is 10.1. The van der Waals surface area contributed by atoms with Crippen LogP contribution in [0.2, 0.25) is 0 Å². The van der Waals surface area contributed by atoms with Gasteiger partial charge >= 0.3 is 0 Å². The lowest BCUT2D eigenvalue weighted by molar-refractivity contribution is 0.260. The monoisotopic (exact) mass is 195 g/mol. The molecule has 1 N–H and O–H groups in total. The third-order valence-corrected chi connectivity index (χ3v) is 2.35. The van der Waals surface area contributed by atoms with Gasteiger partial charge in [-0.05, 0) is 38.5 Å². The maximum atomic E-state index is 7.40. The van der Waals surface area contributed by atoms with Gasteiger partial charge in [-0.25, -0.2) is 0 Å². The van der Waals surface area contributed by atoms with Crippen LogP contribution in [0.5, 0.6) is 0 Å². The second kappa shape index (κ2) is 4.37. The van der Waals surface area contributed by atoms with Crippen molar-refractivity contribution >= 4 is 5.82 Å². The maximum absolute atomic E-state index is 7.40. The van der Waals surface area contributed by atoms with Gasteiger partial charge in [-0.3, -0.25) is 0 Å². The van der Waals surface area contributed by atoms with Crippen molar-refractivity contribution in [1.82, 2.24) is 15.1 Å². The fourth-order valence-electron chi connectivity index (χ4n) is 1.68. The predicted molar refractivity (Wildman–Crippen MR) is 56.2 cm³/mol. The second-order valence-corrected chi connectivity index (χ2v) is 3.54. The summed E-state index contributed by atoms with van der Waals surface area (Å²) in [6, 6.07) is 3.77. The van der Waals surface area contributed by atoms with Gasteiger partial charge in [-0.1, -0.05) is 0 Å². The van der Waals surface area contributed by atoms with E-state index in [-0.39, 0.29) is 6.04 Å². The molecule has 1 aromatic rings. The van der Waals surface area contributed by atoms with E-state index in [9.17, 15) is 0 Å². The standard InChI is InChI=1S/C10H16N4/c1-14-7-3-4-9(8-14)12-10-5-2-6-11-13-10/h2,5-6,9H,3-4,7-8H2,1H3,(H,12,13)/i1D3. The minimum absolute atomic E-state index is 0.126. The number of likely N-dealkylation sites (tertiary alicyclic amines) is 1. The molecule has 4 heteroatoms. The lowest BCUT2D eigenvalue weighted by Crippen LogP contribution is -2.39. The van der Waals surface area contributed by atoms with Crippen LogP contribution in [0.1, 0.15) is 17.0 Å². The van der Waals surface area contributed by atoms with E-state index >= 15 is 0 Å². The normalized spacial score (nSPS) is 27.4. The first kappa shape index (κ1) is 6.35. The van der Waals surface area contributed by atoms with Crippen molar-refractivity contribution in [1.29, 1.82) is 0 Å². The smallest absolute Gasteiger partial charge is 0.148 e. The Bertz CT molecular complexity index is 354. The Labute approximate surface area is 88.5 Å². The zero-order valence-corrected chi connectivity index (χ0v) is 7.98. The molecule has 1 aromatic heterocycles. The molecule has 1 unspecified atom stereocenters. The van der Waals surface area contributed by atoms with Gasteiger partial charge in [0.15, 0.2) is 0 Å². The summed E-state index contributed by atoms with van der Waals surface area (Å²) >= 11 is 0. The minimum Gasteiger partial charge on any atom is -0.365 e. The summed E-state index contributed by atoms with van der Waals surface area (Å²) in [5, 5.41) is 10.9. The molecule has 2 heterocycles. The van der Waals surface area contributed by atoms with E-state index in [1.807, 2.05) is 6.07 Å². The molecule has 1 aliphatic heterocycles. The Morgan fingerprint density at radius 2 is 2.71 bits per heavy atom. The van der Waals surface area contributed by atoms with Crippen LogP contribution in [-0.2, 0) is 0 Å². The van der Waals surface area contributed by atoms with E-state index in [2.05, 4.69) is 15.5 Å². The molecule has 14 heavy (non-hydrogen) atoms. The van der Waals surface area contributed by atoms with Crippen molar-refractivity contribution in [3.63, 3.8) is 0 Å². The van der Waals surface area contributed by atoms with Crippen molar-refractivity contribution in [2.75, 3.05) is 25.4 Å². The van der Waals surface area contributed by atoms with E-state index in [1.165, 1.54) is 4.90 Å². The van der Waals surface area contributed by atoms with Gasteiger partial charge in [0.25, 0.3) is 0 Å². The van der Waals surface area contributed by atoms with E-state index in [0.717, 1.165) is 12.8 Å². The van der Waals surface area contributed by atoms with Gasteiger partial charge in [0, 0.05) is 22.9 Å². The molecule has 1 saturated heterocycles. The highest BCUT2D eigenvalue weighted by Crippen LogP contribution is 2.12. The highest BCUT2D eigenvalue weighted by atomic mass is 15.2. The third kappa shape index (κ3) is 2.42. The molecule has 1 fully saturated rings. The molecule has 0 aliphatic carbocycles. The molecule has 1 atom stereocenters. The van der Waals surface area contributed by atoms with E-state index in [4.69, 9.17) is 4.11 Å². The molecule has 76 valence electrons. The number of likely N-dealkylation sites (N-methyl/N-ethyl adjacent to an activating group) is 1. The SMILES string of the molecule is [2H]C([2H])([2H])N1CCCC(Nc2cccnn2)C1. The van der Waals surface area contributed by atoms with Crippen LogP contribution in [-0.4, -0.2) is 41.2 Å². The topological polar surface area (TPSA) is 41.0 Å². The number of piperidine rings is 1. The first-order valence-electron chi connectivity index (χ1n) is 6.35. The zero-order chi connectivity index (χ0) is 12.3. The van der Waals surface area contributed by atoms with Gasteiger partial charge in [-0.2, -0.15) is 5.10 Å². The zero-order valence-electron chi connectivity index (χ0n) is 11.0. The molecule has 0 amide bonds. The van der Waals surface area contributed by atoms with Crippen LogP contribution in [0.3, 0.4) is 0 Å². The maximum Gasteiger partial charge on any atom is 0.148 e. The van der Waals surface area contributed by atoms with Crippen molar-refractivity contribution < 1.29 is 4.11 Å². The van der Waals surface area contributed by atoms with Gasteiger partial charge in [0.2, 0.25) is 0 Å². The van der Waals surface area contributed by atoms with Gasteiger partial charge in [-0.15, -0.1) is 5.10 Å². The van der Waals surface area contributed by atoms with Gasteiger partial charge < -0.3 is 10.2 Å². The summed E-state index contributed by atoms with van der Waals surface area (Å²) in [7, 11) is 0. The molecular formula is C10H16N4. The molecule has 0 aromatic carbocycles. The van der Waals surface area contributed by atoms with Gasteiger partial charge in [0.05, 0.1) is 0 Å². The van der Waals surface area contributed by atoms with Crippen LogP contribution in [0.25, 0.3) is 0 Å². The number of hydrogen-bond donors (Lipinski definition) is 1. The fraction of sp³-hybridized carbons (Fsp3) is 0.600. The highest BCUT2D eigenvalue weighted by molar-refractivity contribution is 5.33. The Morgan fingerprint density at radius 1 is 1.71 bits per heavy atom. The average Bonchev–Trinajstić information content (AvgIpc) is 2.29. The Kier molecular flexibility index (Phi) is 1.98. The van der Waals surface area contributed by atoms with Crippen molar-refractivity contribution in [2.24, 2.45) is 0 Å². The summed E-state index contributed by atoms with van der Waals surface area (Å²) < 4.78 is 22.2. The van der Waals surface area contributed by atoms with Crippen LogP contribution < -0.4 is 5.32 Å². The lowest BCUT2D eigenvalue weighted by Gasteiger charge is -2.30. The first-order valence-corrected chi connectivity index (χ1v) is 4.85. The van der Waals surface area contributed by atoms with Crippen LogP contribution in [0.4, 0.5) is 5.82 Å². The molecular weight excluding hydrogens is 176 g/mol. The molecule has 4 nitrogen and oxygen atoms in total. The van der Waals surface area contributed by atoms with E-state index < -0.39 is 6.98 Å². The van der Waals surface area contributed by atoms with Gasteiger partial charge in [0.1, 0.15) is 5.82 Å². The Hall–Kier alpha value is -1.16. The Morgan fingerprint density at radius 3 is 3.50 bits per heavy atom. The largest absolute Gasteiger partial charge is 0.365 e. The minimum atomic E-state index is -2.00. The molecule has 1 aliphatic rings. The predicted octanol–water partition coefficient (Wildman–Crippen LogP) is 0.983. The number of nitrogens with one attached hydrogen (secondary N) is 1. The van der Waals surface area contributed by atoms with E-state index in [0.29, 0.717) is 18.9 Å². The Balaban J connectivity index is 1.94. The molecule has 0 bridgehead atoms.